The van der Waals surface area contributed by atoms with E-state index in [4.69, 9.17) is 4.74 Å². The summed E-state index contributed by atoms with van der Waals surface area (Å²) in [4.78, 5) is 24.1. The Morgan fingerprint density at radius 2 is 1.85 bits per heavy atom. The van der Waals surface area contributed by atoms with Crippen molar-refractivity contribution in [1.82, 2.24) is 0 Å². The van der Waals surface area contributed by atoms with Gasteiger partial charge in [-0.3, -0.25) is 9.59 Å². The van der Waals surface area contributed by atoms with Crippen LogP contribution in [0.25, 0.3) is 0 Å². The first-order valence-corrected chi connectivity index (χ1v) is 6.93. The maximum atomic E-state index is 12.3. The standard InChI is InChI=1S/C16H22O4/c1-4-12(3)16(14(17)18,15(19)20-5-2)11-13-9-7-6-8-10-13/h6-10,12H,4-5,11H2,1-3H3,(H,17,18). The van der Waals surface area contributed by atoms with Crippen molar-refractivity contribution in [3.05, 3.63) is 35.9 Å². The number of hydrogen-bond acceptors (Lipinski definition) is 3. The Balaban J connectivity index is 3.23. The van der Waals surface area contributed by atoms with E-state index in [1.807, 2.05) is 37.3 Å². The van der Waals surface area contributed by atoms with Crippen molar-refractivity contribution < 1.29 is 19.4 Å². The number of carboxylic acid groups (broad SMARTS) is 1. The van der Waals surface area contributed by atoms with E-state index in [9.17, 15) is 14.7 Å². The maximum Gasteiger partial charge on any atom is 0.324 e. The first kappa shape index (κ1) is 16.2. The van der Waals surface area contributed by atoms with Gasteiger partial charge in [0.05, 0.1) is 6.61 Å². The van der Waals surface area contributed by atoms with Gasteiger partial charge in [0, 0.05) is 0 Å². The number of esters is 1. The summed E-state index contributed by atoms with van der Waals surface area (Å²) in [5.74, 6) is -2.07. The predicted molar refractivity (Wildman–Crippen MR) is 76.3 cm³/mol. The van der Waals surface area contributed by atoms with Crippen LogP contribution in [0.5, 0.6) is 0 Å². The third-order valence-electron chi connectivity index (χ3n) is 3.80. The molecule has 0 heterocycles. The minimum Gasteiger partial charge on any atom is -0.480 e. The van der Waals surface area contributed by atoms with Crippen LogP contribution >= 0.6 is 0 Å². The summed E-state index contributed by atoms with van der Waals surface area (Å²) >= 11 is 0. The second-order valence-electron chi connectivity index (χ2n) is 4.97. The highest BCUT2D eigenvalue weighted by molar-refractivity contribution is 5.99. The Morgan fingerprint density at radius 1 is 1.25 bits per heavy atom. The summed E-state index contributed by atoms with van der Waals surface area (Å²) in [6.07, 6.45) is 0.745. The number of rotatable bonds is 7. The summed E-state index contributed by atoms with van der Waals surface area (Å²) < 4.78 is 5.04. The molecule has 2 atom stereocenters. The first-order valence-electron chi connectivity index (χ1n) is 6.93. The van der Waals surface area contributed by atoms with Gasteiger partial charge in [0.15, 0.2) is 5.41 Å². The molecule has 20 heavy (non-hydrogen) atoms. The zero-order chi connectivity index (χ0) is 15.2. The van der Waals surface area contributed by atoms with E-state index in [2.05, 4.69) is 0 Å². The lowest BCUT2D eigenvalue weighted by Crippen LogP contribution is -2.47. The summed E-state index contributed by atoms with van der Waals surface area (Å²) in [7, 11) is 0. The molecule has 0 bridgehead atoms. The Hall–Kier alpha value is -1.84. The Kier molecular flexibility index (Phi) is 5.74. The van der Waals surface area contributed by atoms with Gasteiger partial charge in [0.25, 0.3) is 0 Å². The molecular weight excluding hydrogens is 256 g/mol. The molecule has 4 heteroatoms. The number of carbonyl (C=O) groups excluding carboxylic acids is 1. The molecule has 0 amide bonds. The smallest absolute Gasteiger partial charge is 0.324 e. The molecule has 0 aliphatic carbocycles. The summed E-state index contributed by atoms with van der Waals surface area (Å²) in [6.45, 7) is 5.53. The molecule has 0 saturated heterocycles. The average molecular weight is 278 g/mol. The molecule has 1 N–H and O–H groups in total. The Bertz CT molecular complexity index is 455. The molecule has 4 nitrogen and oxygen atoms in total. The highest BCUT2D eigenvalue weighted by Crippen LogP contribution is 2.36. The van der Waals surface area contributed by atoms with Crippen LogP contribution in [0.4, 0.5) is 0 Å². The van der Waals surface area contributed by atoms with Gasteiger partial charge in [-0.2, -0.15) is 0 Å². The second-order valence-corrected chi connectivity index (χ2v) is 4.97. The lowest BCUT2D eigenvalue weighted by Gasteiger charge is -2.32. The minimum atomic E-state index is -1.52. The molecule has 0 saturated carbocycles. The monoisotopic (exact) mass is 278 g/mol. The van der Waals surface area contributed by atoms with E-state index in [0.29, 0.717) is 6.42 Å². The fourth-order valence-corrected chi connectivity index (χ4v) is 2.35. The van der Waals surface area contributed by atoms with Gasteiger partial charge in [-0.1, -0.05) is 50.6 Å². The third-order valence-corrected chi connectivity index (χ3v) is 3.80. The summed E-state index contributed by atoms with van der Waals surface area (Å²) in [5, 5.41) is 9.68. The molecule has 1 rings (SSSR count). The van der Waals surface area contributed by atoms with Crippen LogP contribution in [0.15, 0.2) is 30.3 Å². The largest absolute Gasteiger partial charge is 0.480 e. The van der Waals surface area contributed by atoms with Crippen molar-refractivity contribution in [3.63, 3.8) is 0 Å². The number of hydrogen-bond donors (Lipinski definition) is 1. The molecule has 0 radical (unpaired) electrons. The van der Waals surface area contributed by atoms with Crippen LogP contribution in [0.2, 0.25) is 0 Å². The fraction of sp³-hybridized carbons (Fsp3) is 0.500. The highest BCUT2D eigenvalue weighted by atomic mass is 16.5. The minimum absolute atomic E-state index is 0.150. The van der Waals surface area contributed by atoms with Crippen molar-refractivity contribution in [2.45, 2.75) is 33.6 Å². The van der Waals surface area contributed by atoms with E-state index < -0.39 is 17.4 Å². The second kappa shape index (κ2) is 7.08. The van der Waals surface area contributed by atoms with E-state index in [0.717, 1.165) is 5.56 Å². The zero-order valence-corrected chi connectivity index (χ0v) is 12.3. The third kappa shape index (κ3) is 3.18. The summed E-state index contributed by atoms with van der Waals surface area (Å²) in [5.41, 5.74) is -0.699. The molecule has 1 aromatic carbocycles. The number of ether oxygens (including phenoxy) is 1. The van der Waals surface area contributed by atoms with Crippen LogP contribution in [-0.2, 0) is 20.7 Å². The van der Waals surface area contributed by atoms with Crippen LogP contribution in [0, 0.1) is 11.3 Å². The fourth-order valence-electron chi connectivity index (χ4n) is 2.35. The molecule has 0 aliphatic heterocycles. The highest BCUT2D eigenvalue weighted by Gasteiger charge is 2.51. The van der Waals surface area contributed by atoms with Crippen molar-refractivity contribution in [2.24, 2.45) is 11.3 Å². The van der Waals surface area contributed by atoms with Crippen molar-refractivity contribution in [2.75, 3.05) is 6.61 Å². The number of benzene rings is 1. The number of carboxylic acids is 1. The normalized spacial score (nSPS) is 15.2. The van der Waals surface area contributed by atoms with E-state index in [1.54, 1.807) is 13.8 Å². The van der Waals surface area contributed by atoms with Gasteiger partial charge >= 0.3 is 11.9 Å². The van der Waals surface area contributed by atoms with E-state index in [1.165, 1.54) is 0 Å². The van der Waals surface area contributed by atoms with Crippen molar-refractivity contribution in [3.8, 4) is 0 Å². The Morgan fingerprint density at radius 3 is 2.30 bits per heavy atom. The van der Waals surface area contributed by atoms with E-state index in [-0.39, 0.29) is 18.9 Å². The van der Waals surface area contributed by atoms with E-state index >= 15 is 0 Å². The SMILES string of the molecule is CCOC(=O)C(Cc1ccccc1)(C(=O)O)C(C)CC. The topological polar surface area (TPSA) is 63.6 Å². The molecule has 2 unspecified atom stereocenters. The van der Waals surface area contributed by atoms with Gasteiger partial charge in [-0.25, -0.2) is 0 Å². The lowest BCUT2D eigenvalue weighted by molar-refractivity contribution is -0.173. The predicted octanol–water partition coefficient (Wildman–Crippen LogP) is 2.91. The Labute approximate surface area is 119 Å². The first-order chi connectivity index (χ1) is 9.48. The quantitative estimate of drug-likeness (QED) is 0.615. The lowest BCUT2D eigenvalue weighted by atomic mass is 9.70. The zero-order valence-electron chi connectivity index (χ0n) is 12.3. The van der Waals surface area contributed by atoms with Crippen LogP contribution in [-0.4, -0.2) is 23.7 Å². The molecule has 0 spiro atoms. The van der Waals surface area contributed by atoms with Crippen molar-refractivity contribution in [1.29, 1.82) is 0 Å². The van der Waals surface area contributed by atoms with Crippen LogP contribution < -0.4 is 0 Å². The van der Waals surface area contributed by atoms with Crippen LogP contribution in [0.3, 0.4) is 0 Å². The molecule has 1 aromatic rings. The number of aliphatic carboxylic acids is 1. The maximum absolute atomic E-state index is 12.3. The molecular formula is C16H22O4. The van der Waals surface area contributed by atoms with Gasteiger partial charge in [0.2, 0.25) is 0 Å². The van der Waals surface area contributed by atoms with Crippen LogP contribution in [0.1, 0.15) is 32.8 Å². The van der Waals surface area contributed by atoms with Gasteiger partial charge in [-0.15, -0.1) is 0 Å². The van der Waals surface area contributed by atoms with Gasteiger partial charge in [0.1, 0.15) is 0 Å². The van der Waals surface area contributed by atoms with Gasteiger partial charge < -0.3 is 9.84 Å². The van der Waals surface area contributed by atoms with Gasteiger partial charge in [-0.05, 0) is 24.8 Å². The molecule has 0 fully saturated rings. The average Bonchev–Trinajstić information content (AvgIpc) is 2.44. The summed E-state index contributed by atoms with van der Waals surface area (Å²) in [6, 6.07) is 9.20. The number of carbonyl (C=O) groups is 2. The molecule has 0 aromatic heterocycles. The van der Waals surface area contributed by atoms with Crippen molar-refractivity contribution >= 4 is 11.9 Å². The molecule has 0 aliphatic rings. The molecule has 110 valence electrons.